The van der Waals surface area contributed by atoms with Crippen molar-refractivity contribution in [1.29, 1.82) is 0 Å². The summed E-state index contributed by atoms with van der Waals surface area (Å²) in [5.74, 6) is 0.816. The Morgan fingerprint density at radius 1 is 1.59 bits per heavy atom. The molecule has 0 amide bonds. The van der Waals surface area contributed by atoms with Crippen molar-refractivity contribution in [3.05, 3.63) is 41.4 Å². The van der Waals surface area contributed by atoms with Crippen molar-refractivity contribution in [3.8, 4) is 5.75 Å². The van der Waals surface area contributed by atoms with E-state index in [2.05, 4.69) is 6.58 Å². The quantitative estimate of drug-likeness (QED) is 0.724. The van der Waals surface area contributed by atoms with Crippen LogP contribution in [0.3, 0.4) is 0 Å². The topological polar surface area (TPSA) is 46.1 Å². The van der Waals surface area contributed by atoms with E-state index in [1.54, 1.807) is 19.1 Å². The molecule has 0 spiro atoms. The van der Waals surface area contributed by atoms with E-state index < -0.39 is 0 Å². The summed E-state index contributed by atoms with van der Waals surface area (Å²) >= 11 is 5.95. The van der Waals surface area contributed by atoms with Crippen LogP contribution in [0.15, 0.2) is 30.9 Å². The maximum Gasteiger partial charge on any atom is 0.128 e. The average molecular weight is 257 g/mol. The monoisotopic (exact) mass is 256 g/mol. The standard InChI is InChI=1S/C13H18ClNO2/c1-3-6-17-13-5-4-12(14)7-11(13)9-15-8-10(2)16/h3-5,7,10,15-16H,1,6,8-9H2,2H3/p+1/t10-/m0/s1. The molecule has 0 aliphatic carbocycles. The molecule has 0 saturated carbocycles. The van der Waals surface area contributed by atoms with E-state index in [4.69, 9.17) is 16.3 Å². The molecule has 0 heterocycles. The fourth-order valence-corrected chi connectivity index (χ4v) is 1.67. The van der Waals surface area contributed by atoms with Crippen LogP contribution in [-0.4, -0.2) is 24.4 Å². The molecule has 4 heteroatoms. The molecule has 0 bridgehead atoms. The molecule has 1 aromatic carbocycles. The molecule has 3 N–H and O–H groups in total. The molecular weight excluding hydrogens is 238 g/mol. The van der Waals surface area contributed by atoms with Crippen LogP contribution in [-0.2, 0) is 6.54 Å². The second-order valence-electron chi connectivity index (χ2n) is 3.93. The van der Waals surface area contributed by atoms with Crippen LogP contribution in [0.1, 0.15) is 12.5 Å². The third-order valence-corrected chi connectivity index (χ3v) is 2.49. The Morgan fingerprint density at radius 2 is 2.35 bits per heavy atom. The average Bonchev–Trinajstić information content (AvgIpc) is 2.27. The molecule has 1 atom stereocenters. The van der Waals surface area contributed by atoms with Gasteiger partial charge in [0.2, 0.25) is 0 Å². The first-order chi connectivity index (χ1) is 8.13. The van der Waals surface area contributed by atoms with Crippen molar-refractivity contribution in [2.75, 3.05) is 13.2 Å². The smallest absolute Gasteiger partial charge is 0.128 e. The van der Waals surface area contributed by atoms with Crippen LogP contribution in [0.5, 0.6) is 5.75 Å². The molecular formula is C13H19ClNO2+. The van der Waals surface area contributed by atoms with Crippen molar-refractivity contribution in [1.82, 2.24) is 0 Å². The van der Waals surface area contributed by atoms with Crippen LogP contribution in [0.2, 0.25) is 5.02 Å². The molecule has 17 heavy (non-hydrogen) atoms. The summed E-state index contributed by atoms with van der Waals surface area (Å²) in [7, 11) is 0. The van der Waals surface area contributed by atoms with Gasteiger partial charge < -0.3 is 15.2 Å². The van der Waals surface area contributed by atoms with E-state index in [-0.39, 0.29) is 6.10 Å². The van der Waals surface area contributed by atoms with E-state index in [0.717, 1.165) is 17.9 Å². The summed E-state index contributed by atoms with van der Waals surface area (Å²) in [5.41, 5.74) is 1.03. The largest absolute Gasteiger partial charge is 0.489 e. The lowest BCUT2D eigenvalue weighted by atomic mass is 10.2. The van der Waals surface area contributed by atoms with Gasteiger partial charge in [-0.1, -0.05) is 24.3 Å². The van der Waals surface area contributed by atoms with Crippen LogP contribution >= 0.6 is 11.6 Å². The normalized spacial score (nSPS) is 12.2. The Balaban J connectivity index is 2.65. The lowest BCUT2D eigenvalue weighted by Gasteiger charge is -2.10. The predicted molar refractivity (Wildman–Crippen MR) is 69.3 cm³/mol. The Morgan fingerprint density at radius 3 is 3.00 bits per heavy atom. The van der Waals surface area contributed by atoms with E-state index >= 15 is 0 Å². The minimum absolute atomic E-state index is 0.313. The van der Waals surface area contributed by atoms with Gasteiger partial charge in [-0.3, -0.25) is 0 Å². The van der Waals surface area contributed by atoms with Crippen molar-refractivity contribution in [2.45, 2.75) is 19.6 Å². The fourth-order valence-electron chi connectivity index (χ4n) is 1.48. The molecule has 1 rings (SSSR count). The first kappa shape index (κ1) is 14.0. The zero-order valence-corrected chi connectivity index (χ0v) is 10.8. The maximum absolute atomic E-state index is 9.19. The number of benzene rings is 1. The van der Waals surface area contributed by atoms with Gasteiger partial charge in [-0.2, -0.15) is 0 Å². The van der Waals surface area contributed by atoms with E-state index in [1.165, 1.54) is 0 Å². The number of rotatable bonds is 7. The van der Waals surface area contributed by atoms with Crippen molar-refractivity contribution >= 4 is 11.6 Å². The summed E-state index contributed by atoms with van der Waals surface area (Å²) in [4.78, 5) is 0. The molecule has 0 aromatic heterocycles. The highest BCUT2D eigenvalue weighted by Gasteiger charge is 2.07. The molecule has 0 unspecified atom stereocenters. The summed E-state index contributed by atoms with van der Waals surface area (Å²) in [6.07, 6.45) is 1.39. The summed E-state index contributed by atoms with van der Waals surface area (Å²) in [5, 5.41) is 11.9. The van der Waals surface area contributed by atoms with Crippen molar-refractivity contribution < 1.29 is 15.2 Å². The minimum atomic E-state index is -0.313. The molecule has 0 aliphatic heterocycles. The van der Waals surface area contributed by atoms with Gasteiger partial charge in [-0.25, -0.2) is 0 Å². The van der Waals surface area contributed by atoms with Crippen LogP contribution in [0.4, 0.5) is 0 Å². The zero-order valence-electron chi connectivity index (χ0n) is 10.0. The number of quaternary nitrogens is 1. The number of ether oxygens (including phenoxy) is 1. The number of nitrogens with two attached hydrogens (primary N) is 1. The summed E-state index contributed by atoms with van der Waals surface area (Å²) in [6.45, 7) is 7.26. The Hall–Kier alpha value is -1.03. The van der Waals surface area contributed by atoms with Crippen LogP contribution in [0, 0.1) is 0 Å². The van der Waals surface area contributed by atoms with Crippen molar-refractivity contribution in [3.63, 3.8) is 0 Å². The number of hydrogen-bond acceptors (Lipinski definition) is 2. The van der Waals surface area contributed by atoms with Gasteiger partial charge in [0.25, 0.3) is 0 Å². The SMILES string of the molecule is C=CCOc1ccc(Cl)cc1C[NH2+]C[C@H](C)O. The van der Waals surface area contributed by atoms with Gasteiger partial charge in [0.1, 0.15) is 25.4 Å². The molecule has 0 aliphatic rings. The highest BCUT2D eigenvalue weighted by atomic mass is 35.5. The lowest BCUT2D eigenvalue weighted by molar-refractivity contribution is -0.676. The lowest BCUT2D eigenvalue weighted by Crippen LogP contribution is -2.84. The third kappa shape index (κ3) is 5.22. The predicted octanol–water partition coefficient (Wildman–Crippen LogP) is 1.35. The third-order valence-electron chi connectivity index (χ3n) is 2.25. The first-order valence-electron chi connectivity index (χ1n) is 5.65. The highest BCUT2D eigenvalue weighted by molar-refractivity contribution is 6.30. The number of hydrogen-bond donors (Lipinski definition) is 2. The number of aliphatic hydroxyl groups is 1. The molecule has 0 saturated heterocycles. The Labute approximate surface area is 107 Å². The maximum atomic E-state index is 9.19. The van der Waals surface area contributed by atoms with Gasteiger partial charge in [0.15, 0.2) is 0 Å². The highest BCUT2D eigenvalue weighted by Crippen LogP contribution is 2.22. The Kier molecular flexibility index (Phi) is 6.05. The van der Waals surface area contributed by atoms with E-state index in [0.29, 0.717) is 18.2 Å². The second-order valence-corrected chi connectivity index (χ2v) is 4.37. The van der Waals surface area contributed by atoms with E-state index in [1.807, 2.05) is 17.4 Å². The van der Waals surface area contributed by atoms with Crippen molar-refractivity contribution in [2.24, 2.45) is 0 Å². The molecule has 0 fully saturated rings. The Bertz CT molecular complexity index is 366. The van der Waals surface area contributed by atoms with Crippen LogP contribution < -0.4 is 10.1 Å². The molecule has 0 radical (unpaired) electrons. The summed E-state index contributed by atoms with van der Waals surface area (Å²) < 4.78 is 5.54. The van der Waals surface area contributed by atoms with Gasteiger partial charge >= 0.3 is 0 Å². The first-order valence-corrected chi connectivity index (χ1v) is 6.03. The van der Waals surface area contributed by atoms with E-state index in [9.17, 15) is 5.11 Å². The van der Waals surface area contributed by atoms with Gasteiger partial charge in [0, 0.05) is 10.6 Å². The number of aliphatic hydroxyl groups excluding tert-OH is 1. The minimum Gasteiger partial charge on any atom is -0.489 e. The molecule has 3 nitrogen and oxygen atoms in total. The second kappa shape index (κ2) is 7.33. The van der Waals surface area contributed by atoms with Gasteiger partial charge in [-0.15, -0.1) is 0 Å². The molecule has 94 valence electrons. The van der Waals surface area contributed by atoms with Crippen LogP contribution in [0.25, 0.3) is 0 Å². The molecule has 1 aromatic rings. The fraction of sp³-hybridized carbons (Fsp3) is 0.385. The number of halogens is 1. The van der Waals surface area contributed by atoms with Gasteiger partial charge in [-0.05, 0) is 25.1 Å². The summed E-state index contributed by atoms with van der Waals surface area (Å²) in [6, 6.07) is 5.55. The van der Waals surface area contributed by atoms with Gasteiger partial charge in [0.05, 0.1) is 6.10 Å². The zero-order chi connectivity index (χ0) is 12.7.